The summed E-state index contributed by atoms with van der Waals surface area (Å²) in [5, 5.41) is 0. The maximum atomic E-state index is 5.91. The molecule has 0 atom stereocenters. The second-order valence-electron chi connectivity index (χ2n) is 5.68. The molecule has 4 aromatic rings. The lowest BCUT2D eigenvalue weighted by atomic mass is 10.1. The molecule has 6 heteroatoms. The zero-order chi connectivity index (χ0) is 17.9. The summed E-state index contributed by atoms with van der Waals surface area (Å²) in [7, 11) is 3.52. The Balaban J connectivity index is 1.64. The fourth-order valence-electron chi connectivity index (χ4n) is 2.71. The van der Waals surface area contributed by atoms with E-state index < -0.39 is 0 Å². The molecule has 4 rings (SSSR count). The van der Waals surface area contributed by atoms with Crippen molar-refractivity contribution >= 4 is 11.7 Å². The molecule has 2 heterocycles. The predicted octanol–water partition coefficient (Wildman–Crippen LogP) is 4.77. The number of benzene rings is 2. The van der Waals surface area contributed by atoms with E-state index in [4.69, 9.17) is 13.6 Å². The highest BCUT2D eigenvalue weighted by atomic mass is 16.5. The fraction of sp³-hybridized carbons (Fsp3) is 0.100. The van der Waals surface area contributed by atoms with Crippen molar-refractivity contribution in [2.75, 3.05) is 19.1 Å². The molecule has 0 aliphatic rings. The van der Waals surface area contributed by atoms with Gasteiger partial charge in [-0.2, -0.15) is 0 Å². The minimum absolute atomic E-state index is 0.498. The maximum Gasteiger partial charge on any atom is 0.302 e. The molecule has 0 radical (unpaired) electrons. The maximum absolute atomic E-state index is 5.91. The molecule has 0 fully saturated rings. The average molecular weight is 347 g/mol. The van der Waals surface area contributed by atoms with Crippen molar-refractivity contribution in [1.82, 2.24) is 9.97 Å². The summed E-state index contributed by atoms with van der Waals surface area (Å²) in [6, 6.07) is 16.2. The lowest BCUT2D eigenvalue weighted by Crippen LogP contribution is -2.09. The molecule has 130 valence electrons. The number of nitrogens with zero attached hydrogens (tertiary/aromatic N) is 3. The van der Waals surface area contributed by atoms with E-state index in [1.165, 1.54) is 6.39 Å². The third-order valence-corrected chi connectivity index (χ3v) is 4.11. The first-order valence-corrected chi connectivity index (χ1v) is 8.08. The van der Waals surface area contributed by atoms with Gasteiger partial charge in [0.2, 0.25) is 0 Å². The Hall–Kier alpha value is -3.54. The molecular weight excluding hydrogens is 330 g/mol. The first-order valence-electron chi connectivity index (χ1n) is 8.08. The molecule has 0 saturated heterocycles. The molecule has 2 aromatic heterocycles. The van der Waals surface area contributed by atoms with E-state index in [1.807, 2.05) is 60.5 Å². The lowest BCUT2D eigenvalue weighted by molar-refractivity contribution is 0.414. The van der Waals surface area contributed by atoms with Crippen LogP contribution in [0.1, 0.15) is 0 Å². The molecule has 26 heavy (non-hydrogen) atoms. The fourth-order valence-corrected chi connectivity index (χ4v) is 2.71. The van der Waals surface area contributed by atoms with Crippen molar-refractivity contribution in [3.8, 4) is 28.4 Å². The summed E-state index contributed by atoms with van der Waals surface area (Å²) >= 11 is 0. The number of methoxy groups -OCH3 is 1. The van der Waals surface area contributed by atoms with Gasteiger partial charge in [0.25, 0.3) is 0 Å². The monoisotopic (exact) mass is 347 g/mol. The van der Waals surface area contributed by atoms with E-state index >= 15 is 0 Å². The Labute approximate surface area is 150 Å². The number of ether oxygens (including phenoxy) is 1. The van der Waals surface area contributed by atoms with Gasteiger partial charge in [0.15, 0.2) is 17.9 Å². The van der Waals surface area contributed by atoms with Crippen LogP contribution in [-0.4, -0.2) is 24.1 Å². The van der Waals surface area contributed by atoms with Gasteiger partial charge in [-0.05, 0) is 12.1 Å². The van der Waals surface area contributed by atoms with Gasteiger partial charge in [0.1, 0.15) is 5.75 Å². The quantitative estimate of drug-likeness (QED) is 0.518. The Kier molecular flexibility index (Phi) is 4.15. The number of anilines is 2. The first kappa shape index (κ1) is 16.0. The van der Waals surface area contributed by atoms with Crippen molar-refractivity contribution in [2.24, 2.45) is 0 Å². The van der Waals surface area contributed by atoms with Crippen LogP contribution in [0.15, 0.2) is 76.2 Å². The highest BCUT2D eigenvalue weighted by Gasteiger charge is 2.16. The van der Waals surface area contributed by atoms with Crippen LogP contribution >= 0.6 is 0 Å². The predicted molar refractivity (Wildman–Crippen MR) is 98.5 cm³/mol. The van der Waals surface area contributed by atoms with Crippen LogP contribution in [-0.2, 0) is 0 Å². The van der Waals surface area contributed by atoms with E-state index in [1.54, 1.807) is 19.5 Å². The molecular formula is C20H17N3O3. The molecule has 0 bridgehead atoms. The number of aromatic nitrogens is 2. The smallest absolute Gasteiger partial charge is 0.302 e. The lowest BCUT2D eigenvalue weighted by Gasteiger charge is -2.16. The van der Waals surface area contributed by atoms with E-state index in [9.17, 15) is 0 Å². The third kappa shape index (κ3) is 2.93. The van der Waals surface area contributed by atoms with Gasteiger partial charge in [0, 0.05) is 24.4 Å². The van der Waals surface area contributed by atoms with Crippen LogP contribution < -0.4 is 9.64 Å². The average Bonchev–Trinajstić information content (AvgIpc) is 3.40. The van der Waals surface area contributed by atoms with Gasteiger partial charge in [-0.15, -0.1) is 0 Å². The molecule has 0 aliphatic carbocycles. The molecule has 0 aliphatic heterocycles. The standard InChI is InChI=1S/C20H17N3O3/c1-23(20-22-12-18(26-20)14-6-4-3-5-7-14)15-8-9-16(17(10-15)24-2)19-11-21-13-25-19/h3-13H,1-2H3. The molecule has 6 nitrogen and oxygen atoms in total. The van der Waals surface area contributed by atoms with Crippen molar-refractivity contribution in [1.29, 1.82) is 0 Å². The van der Waals surface area contributed by atoms with E-state index in [2.05, 4.69) is 9.97 Å². The SMILES string of the molecule is COc1cc(N(C)c2ncc(-c3ccccc3)o2)ccc1-c1cnco1. The van der Waals surface area contributed by atoms with Gasteiger partial charge >= 0.3 is 6.01 Å². The van der Waals surface area contributed by atoms with Gasteiger partial charge in [0.05, 0.1) is 25.1 Å². The number of hydrogen-bond acceptors (Lipinski definition) is 6. The first-order chi connectivity index (χ1) is 12.8. The van der Waals surface area contributed by atoms with Crippen molar-refractivity contribution in [3.63, 3.8) is 0 Å². The van der Waals surface area contributed by atoms with Crippen molar-refractivity contribution in [2.45, 2.75) is 0 Å². The molecule has 2 aromatic carbocycles. The summed E-state index contributed by atoms with van der Waals surface area (Å²) in [6.45, 7) is 0. The third-order valence-electron chi connectivity index (χ3n) is 4.11. The highest BCUT2D eigenvalue weighted by molar-refractivity contribution is 5.71. The highest BCUT2D eigenvalue weighted by Crippen LogP contribution is 2.35. The Bertz CT molecular complexity index is 994. The zero-order valence-corrected chi connectivity index (χ0v) is 14.4. The normalized spacial score (nSPS) is 10.7. The summed E-state index contributed by atoms with van der Waals surface area (Å²) in [5.41, 5.74) is 2.70. The Morgan fingerprint density at radius 2 is 1.85 bits per heavy atom. The van der Waals surface area contributed by atoms with Crippen LogP contribution in [0.2, 0.25) is 0 Å². The van der Waals surface area contributed by atoms with Gasteiger partial charge in [-0.1, -0.05) is 30.3 Å². The van der Waals surface area contributed by atoms with Crippen LogP contribution in [0.3, 0.4) is 0 Å². The Morgan fingerprint density at radius 3 is 2.58 bits per heavy atom. The van der Waals surface area contributed by atoms with Crippen LogP contribution in [0.25, 0.3) is 22.6 Å². The van der Waals surface area contributed by atoms with E-state index in [-0.39, 0.29) is 0 Å². The molecule has 0 N–H and O–H groups in total. The molecule has 0 saturated carbocycles. The summed E-state index contributed by atoms with van der Waals surface area (Å²) in [4.78, 5) is 10.2. The van der Waals surface area contributed by atoms with Crippen molar-refractivity contribution in [3.05, 3.63) is 67.3 Å². The van der Waals surface area contributed by atoms with Gasteiger partial charge in [-0.25, -0.2) is 9.97 Å². The summed E-state index contributed by atoms with van der Waals surface area (Å²) in [5.74, 6) is 2.05. The van der Waals surface area contributed by atoms with Crippen LogP contribution in [0.5, 0.6) is 5.75 Å². The number of oxazole rings is 2. The topological polar surface area (TPSA) is 64.5 Å². The van der Waals surface area contributed by atoms with Gasteiger partial charge in [-0.3, -0.25) is 4.90 Å². The minimum Gasteiger partial charge on any atom is -0.496 e. The number of hydrogen-bond donors (Lipinski definition) is 0. The summed E-state index contributed by atoms with van der Waals surface area (Å²) in [6.07, 6.45) is 4.77. The zero-order valence-electron chi connectivity index (χ0n) is 14.4. The molecule has 0 amide bonds. The van der Waals surface area contributed by atoms with Gasteiger partial charge < -0.3 is 13.6 Å². The van der Waals surface area contributed by atoms with Crippen molar-refractivity contribution < 1.29 is 13.6 Å². The summed E-state index contributed by atoms with van der Waals surface area (Å²) < 4.78 is 16.8. The number of rotatable bonds is 5. The largest absolute Gasteiger partial charge is 0.496 e. The second kappa shape index (κ2) is 6.76. The Morgan fingerprint density at radius 1 is 1.00 bits per heavy atom. The van der Waals surface area contributed by atoms with Crippen LogP contribution in [0, 0.1) is 0 Å². The van der Waals surface area contributed by atoms with Crippen LogP contribution in [0.4, 0.5) is 11.7 Å². The second-order valence-corrected chi connectivity index (χ2v) is 5.68. The van der Waals surface area contributed by atoms with E-state index in [0.717, 1.165) is 22.6 Å². The molecule has 0 unspecified atom stereocenters. The molecule has 0 spiro atoms. The van der Waals surface area contributed by atoms with E-state index in [0.29, 0.717) is 17.5 Å². The minimum atomic E-state index is 0.498.